The minimum atomic E-state index is -4.66. The molecule has 3 aromatic rings. The molecule has 0 spiro atoms. The predicted octanol–water partition coefficient (Wildman–Crippen LogP) is 5.22. The van der Waals surface area contributed by atoms with Gasteiger partial charge < -0.3 is 0 Å². The molecule has 2 aromatic carbocycles. The summed E-state index contributed by atoms with van der Waals surface area (Å²) in [5.74, 6) is -1.35. The fourth-order valence-electron chi connectivity index (χ4n) is 2.15. The molecule has 0 aliphatic carbocycles. The molecule has 0 fully saturated rings. The number of aromatic nitrogens is 1. The molecule has 3 nitrogen and oxygen atoms in total. The summed E-state index contributed by atoms with van der Waals surface area (Å²) < 4.78 is 52.9. The van der Waals surface area contributed by atoms with Crippen molar-refractivity contribution >= 4 is 22.4 Å². The summed E-state index contributed by atoms with van der Waals surface area (Å²) in [6.45, 7) is 0. The molecule has 0 unspecified atom stereocenters. The smallest absolute Gasteiger partial charge is 0.298 e. The van der Waals surface area contributed by atoms with Gasteiger partial charge in [0.2, 0.25) is 0 Å². The van der Waals surface area contributed by atoms with Crippen molar-refractivity contribution in [2.45, 2.75) is 6.18 Å². The van der Waals surface area contributed by atoms with Crippen molar-refractivity contribution in [2.75, 3.05) is 5.32 Å². The van der Waals surface area contributed by atoms with Gasteiger partial charge in [0.05, 0.1) is 4.88 Å². The van der Waals surface area contributed by atoms with E-state index in [1.807, 2.05) is 0 Å². The number of nitrogens with one attached hydrogen (secondary N) is 1. The van der Waals surface area contributed by atoms with Crippen LogP contribution in [0.3, 0.4) is 0 Å². The van der Waals surface area contributed by atoms with Crippen LogP contribution in [0, 0.1) is 5.82 Å². The van der Waals surface area contributed by atoms with E-state index in [1.54, 1.807) is 18.2 Å². The van der Waals surface area contributed by atoms with E-state index in [2.05, 4.69) is 10.3 Å². The summed E-state index contributed by atoms with van der Waals surface area (Å²) in [6, 6.07) is 12.8. The van der Waals surface area contributed by atoms with E-state index in [1.165, 1.54) is 24.3 Å². The predicted molar refractivity (Wildman–Crippen MR) is 86.9 cm³/mol. The van der Waals surface area contributed by atoms with E-state index in [-0.39, 0.29) is 15.6 Å². The summed E-state index contributed by atoms with van der Waals surface area (Å²) in [5, 5.41) is 2.08. The van der Waals surface area contributed by atoms with Crippen molar-refractivity contribution in [1.29, 1.82) is 0 Å². The number of alkyl halides is 3. The monoisotopic (exact) mass is 366 g/mol. The second-order valence-electron chi connectivity index (χ2n) is 5.03. The lowest BCUT2D eigenvalue weighted by atomic mass is 10.1. The molecule has 0 atom stereocenters. The lowest BCUT2D eigenvalue weighted by Gasteiger charge is -2.05. The standard InChI is InChI=1S/C17H10F4N2OS/c18-12-8-4-7-11(9-12)15(24)23-16-22-14(17(19,20)21)13(25-16)10-5-2-1-3-6-10/h1-9H,(H,22,23,24). The van der Waals surface area contributed by atoms with Crippen molar-refractivity contribution in [1.82, 2.24) is 4.98 Å². The Morgan fingerprint density at radius 1 is 1.04 bits per heavy atom. The zero-order chi connectivity index (χ0) is 18.0. The van der Waals surface area contributed by atoms with Gasteiger partial charge >= 0.3 is 6.18 Å². The van der Waals surface area contributed by atoms with Gasteiger partial charge in [-0.15, -0.1) is 0 Å². The first kappa shape index (κ1) is 17.1. The number of nitrogens with zero attached hydrogens (tertiary/aromatic N) is 1. The van der Waals surface area contributed by atoms with Crippen molar-refractivity contribution in [3.05, 3.63) is 71.7 Å². The van der Waals surface area contributed by atoms with Crippen LogP contribution in [0.15, 0.2) is 54.6 Å². The second kappa shape index (κ2) is 6.64. The van der Waals surface area contributed by atoms with Gasteiger partial charge in [-0.25, -0.2) is 9.37 Å². The molecule has 1 aromatic heterocycles. The molecule has 0 radical (unpaired) electrons. The zero-order valence-corrected chi connectivity index (χ0v) is 13.3. The summed E-state index contributed by atoms with van der Waals surface area (Å²) in [4.78, 5) is 15.5. The van der Waals surface area contributed by atoms with E-state index in [0.717, 1.165) is 12.1 Å². The van der Waals surface area contributed by atoms with Gasteiger partial charge in [0.25, 0.3) is 5.91 Å². The molecule has 1 heterocycles. The van der Waals surface area contributed by atoms with Gasteiger partial charge in [0.1, 0.15) is 5.82 Å². The van der Waals surface area contributed by atoms with Crippen LogP contribution in [0.1, 0.15) is 16.1 Å². The molecule has 0 saturated carbocycles. The summed E-state index contributed by atoms with van der Waals surface area (Å²) in [6.07, 6.45) is -4.66. The molecule has 1 N–H and O–H groups in total. The molecule has 0 aliphatic heterocycles. The lowest BCUT2D eigenvalue weighted by molar-refractivity contribution is -0.140. The van der Waals surface area contributed by atoms with Gasteiger partial charge in [-0.3, -0.25) is 10.1 Å². The quantitative estimate of drug-likeness (QED) is 0.646. The normalized spacial score (nSPS) is 11.4. The summed E-state index contributed by atoms with van der Waals surface area (Å²) in [5.41, 5.74) is -0.734. The Morgan fingerprint density at radius 3 is 2.40 bits per heavy atom. The third-order valence-corrected chi connectivity index (χ3v) is 4.26. The van der Waals surface area contributed by atoms with Gasteiger partial charge in [0.15, 0.2) is 10.8 Å². The van der Waals surface area contributed by atoms with Crippen LogP contribution < -0.4 is 5.32 Å². The molecule has 0 bridgehead atoms. The molecule has 0 saturated heterocycles. The number of anilines is 1. The van der Waals surface area contributed by atoms with E-state index in [9.17, 15) is 22.4 Å². The minimum Gasteiger partial charge on any atom is -0.298 e. The lowest BCUT2D eigenvalue weighted by Crippen LogP contribution is -2.13. The summed E-state index contributed by atoms with van der Waals surface area (Å²) in [7, 11) is 0. The van der Waals surface area contributed by atoms with Crippen LogP contribution in [-0.2, 0) is 6.18 Å². The SMILES string of the molecule is O=C(Nc1nc(C(F)(F)F)c(-c2ccccc2)s1)c1cccc(F)c1. The number of carbonyl (C=O) groups is 1. The van der Waals surface area contributed by atoms with E-state index < -0.39 is 23.6 Å². The first-order chi connectivity index (χ1) is 11.8. The van der Waals surface area contributed by atoms with Crippen LogP contribution in [0.5, 0.6) is 0 Å². The van der Waals surface area contributed by atoms with Crippen LogP contribution in [-0.4, -0.2) is 10.9 Å². The molecular formula is C17H10F4N2OS. The molecule has 1 amide bonds. The molecular weight excluding hydrogens is 356 g/mol. The maximum atomic E-state index is 13.2. The van der Waals surface area contributed by atoms with Crippen molar-refractivity contribution in [3.63, 3.8) is 0 Å². The van der Waals surface area contributed by atoms with Crippen LogP contribution in [0.2, 0.25) is 0 Å². The summed E-state index contributed by atoms with van der Waals surface area (Å²) >= 11 is 0.710. The highest BCUT2D eigenvalue weighted by molar-refractivity contribution is 7.19. The number of halogens is 4. The maximum absolute atomic E-state index is 13.2. The van der Waals surface area contributed by atoms with Crippen molar-refractivity contribution in [2.24, 2.45) is 0 Å². The Labute approximate surface area is 144 Å². The Morgan fingerprint density at radius 2 is 1.76 bits per heavy atom. The van der Waals surface area contributed by atoms with E-state index in [0.29, 0.717) is 16.9 Å². The van der Waals surface area contributed by atoms with Crippen LogP contribution in [0.25, 0.3) is 10.4 Å². The highest BCUT2D eigenvalue weighted by atomic mass is 32.1. The molecule has 3 rings (SSSR count). The first-order valence-electron chi connectivity index (χ1n) is 7.05. The number of carbonyl (C=O) groups excluding carboxylic acids is 1. The largest absolute Gasteiger partial charge is 0.434 e. The zero-order valence-electron chi connectivity index (χ0n) is 12.5. The van der Waals surface area contributed by atoms with Gasteiger partial charge in [0, 0.05) is 5.56 Å². The first-order valence-corrected chi connectivity index (χ1v) is 7.86. The average molecular weight is 366 g/mol. The van der Waals surface area contributed by atoms with E-state index >= 15 is 0 Å². The van der Waals surface area contributed by atoms with Gasteiger partial charge in [-0.1, -0.05) is 47.7 Å². The molecule has 0 aliphatic rings. The molecule has 25 heavy (non-hydrogen) atoms. The maximum Gasteiger partial charge on any atom is 0.434 e. The topological polar surface area (TPSA) is 42.0 Å². The van der Waals surface area contributed by atoms with E-state index in [4.69, 9.17) is 0 Å². The fourth-order valence-corrected chi connectivity index (χ4v) is 3.14. The molecule has 128 valence electrons. The average Bonchev–Trinajstić information content (AvgIpc) is 3.00. The van der Waals surface area contributed by atoms with Gasteiger partial charge in [-0.2, -0.15) is 13.2 Å². The number of thiazole rings is 1. The number of hydrogen-bond acceptors (Lipinski definition) is 3. The second-order valence-corrected chi connectivity index (χ2v) is 6.02. The Hall–Kier alpha value is -2.74. The minimum absolute atomic E-state index is 0.00924. The number of benzene rings is 2. The molecule has 8 heteroatoms. The van der Waals surface area contributed by atoms with Gasteiger partial charge in [-0.05, 0) is 23.8 Å². The third kappa shape index (κ3) is 3.85. The van der Waals surface area contributed by atoms with Crippen molar-refractivity contribution < 1.29 is 22.4 Å². The Balaban J connectivity index is 1.95. The highest BCUT2D eigenvalue weighted by Gasteiger charge is 2.38. The van der Waals surface area contributed by atoms with Crippen molar-refractivity contribution in [3.8, 4) is 10.4 Å². The Bertz CT molecular complexity index is 907. The fraction of sp³-hybridized carbons (Fsp3) is 0.0588. The third-order valence-electron chi connectivity index (χ3n) is 3.24. The Kier molecular flexibility index (Phi) is 4.54. The van der Waals surface area contributed by atoms with Crippen LogP contribution in [0.4, 0.5) is 22.7 Å². The van der Waals surface area contributed by atoms with Crippen LogP contribution >= 0.6 is 11.3 Å². The number of rotatable bonds is 3. The number of amides is 1. The number of hydrogen-bond donors (Lipinski definition) is 1. The highest BCUT2D eigenvalue weighted by Crippen LogP contribution is 2.41.